The summed E-state index contributed by atoms with van der Waals surface area (Å²) < 4.78 is 0. The van der Waals surface area contributed by atoms with Crippen LogP contribution >= 0.6 is 0 Å². The summed E-state index contributed by atoms with van der Waals surface area (Å²) >= 11 is 0. The van der Waals surface area contributed by atoms with E-state index in [2.05, 4.69) is 10.0 Å². The van der Waals surface area contributed by atoms with E-state index in [4.69, 9.17) is 5.53 Å². The number of rotatable bonds is 1. The minimum Gasteiger partial charge on any atom is -0.508 e. The van der Waals surface area contributed by atoms with Gasteiger partial charge in [0.2, 0.25) is 0 Å². The number of hydrogen-bond acceptors (Lipinski definition) is 3. The monoisotopic (exact) mass is 205 g/mol. The van der Waals surface area contributed by atoms with Gasteiger partial charge < -0.3 is 10.2 Å². The lowest BCUT2D eigenvalue weighted by molar-refractivity contribution is 0.136. The minimum atomic E-state index is -0.657. The van der Waals surface area contributed by atoms with Gasteiger partial charge in [0.15, 0.2) is 0 Å². The Morgan fingerprint density at radius 1 is 1.40 bits per heavy atom. The first-order chi connectivity index (χ1) is 7.22. The number of hydrogen-bond donors (Lipinski definition) is 2. The number of aliphatic hydroxyl groups excluding tert-OH is 1. The number of aliphatic hydroxyl groups is 1. The SMILES string of the molecule is [N-]=[N+]=N[C@@H]1Cc2c(O)cccc2C[C@H]1O. The predicted octanol–water partition coefficient (Wildman–Crippen LogP) is 1.53. The van der Waals surface area contributed by atoms with E-state index in [1.54, 1.807) is 12.1 Å². The minimum absolute atomic E-state index is 0.206. The fourth-order valence-corrected chi connectivity index (χ4v) is 1.94. The molecule has 0 aliphatic heterocycles. The molecule has 2 rings (SSSR count). The standard InChI is InChI=1S/C10H11N3O2/c11-13-12-8-5-7-6(4-10(8)15)2-1-3-9(7)14/h1-3,8,10,14-15H,4-5H2/t8-,10-/m1/s1. The van der Waals surface area contributed by atoms with Crippen molar-refractivity contribution in [2.45, 2.75) is 25.0 Å². The van der Waals surface area contributed by atoms with E-state index in [0.29, 0.717) is 12.8 Å². The van der Waals surface area contributed by atoms with Crippen LogP contribution in [-0.2, 0) is 12.8 Å². The lowest BCUT2D eigenvalue weighted by Crippen LogP contribution is -2.33. The molecule has 0 fully saturated rings. The molecule has 1 aliphatic carbocycles. The van der Waals surface area contributed by atoms with E-state index in [1.807, 2.05) is 6.07 Å². The molecule has 1 aromatic rings. The van der Waals surface area contributed by atoms with Crippen LogP contribution in [0.25, 0.3) is 10.4 Å². The molecule has 0 saturated carbocycles. The van der Waals surface area contributed by atoms with Crippen molar-refractivity contribution in [3.05, 3.63) is 39.8 Å². The molecule has 0 amide bonds. The van der Waals surface area contributed by atoms with Crippen LogP contribution in [0.1, 0.15) is 11.1 Å². The zero-order valence-corrected chi connectivity index (χ0v) is 8.04. The van der Waals surface area contributed by atoms with Crippen molar-refractivity contribution in [3.63, 3.8) is 0 Å². The first kappa shape index (κ1) is 9.83. The summed E-state index contributed by atoms with van der Waals surface area (Å²) in [5, 5.41) is 22.8. The van der Waals surface area contributed by atoms with Crippen LogP contribution in [0, 0.1) is 0 Å². The third kappa shape index (κ3) is 1.75. The topological polar surface area (TPSA) is 89.2 Å². The molecule has 0 aromatic heterocycles. The van der Waals surface area contributed by atoms with Gasteiger partial charge >= 0.3 is 0 Å². The third-order valence-corrected chi connectivity index (χ3v) is 2.73. The Labute approximate surface area is 86.6 Å². The smallest absolute Gasteiger partial charge is 0.119 e. The maximum absolute atomic E-state index is 9.69. The number of benzene rings is 1. The van der Waals surface area contributed by atoms with Gasteiger partial charge in [0.25, 0.3) is 0 Å². The Kier molecular flexibility index (Phi) is 2.49. The zero-order valence-electron chi connectivity index (χ0n) is 8.04. The Hall–Kier alpha value is -1.71. The highest BCUT2D eigenvalue weighted by atomic mass is 16.3. The van der Waals surface area contributed by atoms with Gasteiger partial charge in [-0.2, -0.15) is 0 Å². The number of fused-ring (bicyclic) bond motifs is 1. The molecule has 0 saturated heterocycles. The summed E-state index contributed by atoms with van der Waals surface area (Å²) in [4.78, 5) is 2.70. The van der Waals surface area contributed by atoms with Crippen molar-refractivity contribution >= 4 is 0 Å². The molecular weight excluding hydrogens is 194 g/mol. The average molecular weight is 205 g/mol. The summed E-state index contributed by atoms with van der Waals surface area (Å²) in [6, 6.07) is 4.74. The molecule has 0 bridgehead atoms. The second kappa shape index (κ2) is 3.81. The Balaban J connectivity index is 2.38. The number of azide groups is 1. The van der Waals surface area contributed by atoms with Crippen molar-refractivity contribution in [2.75, 3.05) is 0 Å². The van der Waals surface area contributed by atoms with Crippen LogP contribution in [-0.4, -0.2) is 22.4 Å². The second-order valence-electron chi connectivity index (χ2n) is 3.66. The van der Waals surface area contributed by atoms with Gasteiger partial charge in [0, 0.05) is 4.91 Å². The molecule has 1 aliphatic rings. The molecule has 0 spiro atoms. The molecule has 0 radical (unpaired) electrons. The summed E-state index contributed by atoms with van der Waals surface area (Å²) in [5.74, 6) is 0.206. The first-order valence-corrected chi connectivity index (χ1v) is 4.74. The number of aromatic hydroxyl groups is 1. The van der Waals surface area contributed by atoms with Crippen LogP contribution in [0.5, 0.6) is 5.75 Å². The van der Waals surface area contributed by atoms with E-state index in [0.717, 1.165) is 11.1 Å². The zero-order chi connectivity index (χ0) is 10.8. The largest absolute Gasteiger partial charge is 0.508 e. The van der Waals surface area contributed by atoms with Gasteiger partial charge in [0.05, 0.1) is 12.1 Å². The molecule has 78 valence electrons. The maximum Gasteiger partial charge on any atom is 0.119 e. The number of phenolic OH excluding ortho intramolecular Hbond substituents is 1. The van der Waals surface area contributed by atoms with E-state index >= 15 is 0 Å². The van der Waals surface area contributed by atoms with Gasteiger partial charge in [0.1, 0.15) is 5.75 Å². The normalized spacial score (nSPS) is 24.1. The summed E-state index contributed by atoms with van der Waals surface area (Å²) in [7, 11) is 0. The molecule has 1 aromatic carbocycles. The lowest BCUT2D eigenvalue weighted by Gasteiger charge is -2.26. The van der Waals surface area contributed by atoms with Crippen molar-refractivity contribution in [1.82, 2.24) is 0 Å². The number of nitrogens with zero attached hydrogens (tertiary/aromatic N) is 3. The molecular formula is C10H11N3O2. The summed E-state index contributed by atoms with van der Waals surface area (Å²) in [5.41, 5.74) is 10.0. The fourth-order valence-electron chi connectivity index (χ4n) is 1.94. The van der Waals surface area contributed by atoms with Gasteiger partial charge in [-0.25, -0.2) is 0 Å². The van der Waals surface area contributed by atoms with Crippen molar-refractivity contribution in [1.29, 1.82) is 0 Å². The molecule has 5 nitrogen and oxygen atoms in total. The Bertz CT molecular complexity index is 427. The van der Waals surface area contributed by atoms with Crippen LogP contribution in [0.3, 0.4) is 0 Å². The van der Waals surface area contributed by atoms with Gasteiger partial charge in [-0.15, -0.1) is 0 Å². The highest BCUT2D eigenvalue weighted by Crippen LogP contribution is 2.30. The van der Waals surface area contributed by atoms with Crippen LogP contribution < -0.4 is 0 Å². The number of phenols is 1. The quantitative estimate of drug-likeness (QED) is 0.413. The summed E-state index contributed by atoms with van der Waals surface area (Å²) in [6.45, 7) is 0. The average Bonchev–Trinajstić information content (AvgIpc) is 2.21. The molecule has 5 heteroatoms. The van der Waals surface area contributed by atoms with Gasteiger partial charge in [-0.1, -0.05) is 17.2 Å². The maximum atomic E-state index is 9.69. The van der Waals surface area contributed by atoms with E-state index < -0.39 is 12.1 Å². The predicted molar refractivity (Wildman–Crippen MR) is 54.5 cm³/mol. The Morgan fingerprint density at radius 2 is 2.20 bits per heavy atom. The van der Waals surface area contributed by atoms with Crippen LogP contribution in [0.2, 0.25) is 0 Å². The fraction of sp³-hybridized carbons (Fsp3) is 0.400. The first-order valence-electron chi connectivity index (χ1n) is 4.74. The highest BCUT2D eigenvalue weighted by Gasteiger charge is 2.27. The van der Waals surface area contributed by atoms with E-state index in [-0.39, 0.29) is 5.75 Å². The third-order valence-electron chi connectivity index (χ3n) is 2.73. The molecule has 15 heavy (non-hydrogen) atoms. The van der Waals surface area contributed by atoms with Gasteiger partial charge in [-0.05, 0) is 35.6 Å². The van der Waals surface area contributed by atoms with Crippen molar-refractivity contribution in [2.24, 2.45) is 5.11 Å². The molecule has 2 N–H and O–H groups in total. The van der Waals surface area contributed by atoms with Gasteiger partial charge in [-0.3, -0.25) is 0 Å². The molecule has 2 atom stereocenters. The second-order valence-corrected chi connectivity index (χ2v) is 3.66. The summed E-state index contributed by atoms with van der Waals surface area (Å²) in [6.07, 6.45) is 0.163. The van der Waals surface area contributed by atoms with E-state index in [1.165, 1.54) is 0 Å². The van der Waals surface area contributed by atoms with E-state index in [9.17, 15) is 10.2 Å². The highest BCUT2D eigenvalue weighted by molar-refractivity contribution is 5.42. The van der Waals surface area contributed by atoms with Crippen molar-refractivity contribution < 1.29 is 10.2 Å². The molecule has 0 unspecified atom stereocenters. The molecule has 0 heterocycles. The van der Waals surface area contributed by atoms with Crippen LogP contribution in [0.4, 0.5) is 0 Å². The Morgan fingerprint density at radius 3 is 2.93 bits per heavy atom. The lowest BCUT2D eigenvalue weighted by atomic mass is 9.86. The van der Waals surface area contributed by atoms with Crippen molar-refractivity contribution in [3.8, 4) is 5.75 Å². The van der Waals surface area contributed by atoms with Crippen LogP contribution in [0.15, 0.2) is 23.3 Å².